The van der Waals surface area contributed by atoms with E-state index in [1.54, 1.807) is 11.0 Å². The van der Waals surface area contributed by atoms with Gasteiger partial charge < -0.3 is 14.7 Å². The number of amides is 2. The van der Waals surface area contributed by atoms with Crippen molar-refractivity contribution in [2.75, 3.05) is 26.2 Å². The Kier molecular flexibility index (Phi) is 4.94. The molecule has 1 atom stereocenters. The lowest BCUT2D eigenvalue weighted by atomic mass is 10.1. The highest BCUT2D eigenvalue weighted by molar-refractivity contribution is 5.93. The average molecular weight is 368 g/mol. The van der Waals surface area contributed by atoms with Crippen LogP contribution in [-0.4, -0.2) is 65.0 Å². The quantitative estimate of drug-likeness (QED) is 0.870. The van der Waals surface area contributed by atoms with Crippen molar-refractivity contribution in [2.45, 2.75) is 31.8 Å². The predicted molar refractivity (Wildman–Crippen MR) is 100 cm³/mol. The maximum absolute atomic E-state index is 12.7. The molecule has 1 aliphatic carbocycles. The molecule has 0 bridgehead atoms. The van der Waals surface area contributed by atoms with Crippen LogP contribution in [0.4, 0.5) is 0 Å². The molecule has 27 heavy (non-hydrogen) atoms. The van der Waals surface area contributed by atoms with Crippen LogP contribution >= 0.6 is 0 Å². The fourth-order valence-electron chi connectivity index (χ4n) is 3.30. The van der Waals surface area contributed by atoms with Gasteiger partial charge in [-0.3, -0.25) is 14.5 Å². The van der Waals surface area contributed by atoms with Gasteiger partial charge in [0.05, 0.1) is 6.04 Å². The van der Waals surface area contributed by atoms with Gasteiger partial charge in [0.25, 0.3) is 5.91 Å². The average Bonchev–Trinajstić information content (AvgIpc) is 3.39. The van der Waals surface area contributed by atoms with Gasteiger partial charge in [-0.15, -0.1) is 0 Å². The van der Waals surface area contributed by atoms with E-state index in [1.807, 2.05) is 37.3 Å². The number of carbonyl (C=O) groups excluding carboxylic acids is 2. The highest BCUT2D eigenvalue weighted by Gasteiger charge is 2.31. The van der Waals surface area contributed by atoms with Crippen molar-refractivity contribution in [2.24, 2.45) is 0 Å². The molecule has 1 aliphatic heterocycles. The summed E-state index contributed by atoms with van der Waals surface area (Å²) in [6, 6.07) is 11.5. The fourth-order valence-corrected chi connectivity index (χ4v) is 3.30. The van der Waals surface area contributed by atoms with Gasteiger partial charge in [0.15, 0.2) is 11.5 Å². The summed E-state index contributed by atoms with van der Waals surface area (Å²) in [5.74, 6) is 0.542. The highest BCUT2D eigenvalue weighted by Crippen LogP contribution is 2.21. The largest absolute Gasteiger partial charge is 0.355 e. The Morgan fingerprint density at radius 2 is 1.85 bits per heavy atom. The van der Waals surface area contributed by atoms with Crippen molar-refractivity contribution in [3.8, 4) is 11.3 Å². The molecule has 1 N–H and O–H groups in total. The van der Waals surface area contributed by atoms with Gasteiger partial charge in [0.1, 0.15) is 0 Å². The molecule has 4 rings (SSSR count). The van der Waals surface area contributed by atoms with Gasteiger partial charge in [0.2, 0.25) is 5.91 Å². The molecule has 0 radical (unpaired) electrons. The van der Waals surface area contributed by atoms with Crippen LogP contribution in [0.25, 0.3) is 11.3 Å². The minimum Gasteiger partial charge on any atom is -0.355 e. The zero-order chi connectivity index (χ0) is 18.8. The zero-order valence-corrected chi connectivity index (χ0v) is 15.4. The molecule has 1 saturated carbocycles. The normalized spacial score (nSPS) is 18.9. The first-order valence-corrected chi connectivity index (χ1v) is 9.47. The number of aromatic nitrogens is 1. The summed E-state index contributed by atoms with van der Waals surface area (Å²) in [7, 11) is 0. The van der Waals surface area contributed by atoms with Gasteiger partial charge >= 0.3 is 0 Å². The summed E-state index contributed by atoms with van der Waals surface area (Å²) in [6.45, 7) is 4.43. The molecule has 0 spiro atoms. The number of carbonyl (C=O) groups is 2. The monoisotopic (exact) mass is 368 g/mol. The van der Waals surface area contributed by atoms with Crippen LogP contribution in [-0.2, 0) is 4.79 Å². The number of benzene rings is 1. The van der Waals surface area contributed by atoms with E-state index < -0.39 is 0 Å². The van der Waals surface area contributed by atoms with Crippen LogP contribution in [0, 0.1) is 0 Å². The molecule has 2 amide bonds. The second-order valence-corrected chi connectivity index (χ2v) is 7.23. The van der Waals surface area contributed by atoms with Crippen molar-refractivity contribution >= 4 is 11.8 Å². The number of hydrogen-bond donors (Lipinski definition) is 1. The molecular formula is C20H24N4O3. The number of piperazine rings is 1. The van der Waals surface area contributed by atoms with E-state index in [-0.39, 0.29) is 17.9 Å². The van der Waals surface area contributed by atoms with E-state index >= 15 is 0 Å². The summed E-state index contributed by atoms with van der Waals surface area (Å²) >= 11 is 0. The van der Waals surface area contributed by atoms with E-state index in [2.05, 4.69) is 15.4 Å². The topological polar surface area (TPSA) is 78.7 Å². The number of nitrogens with zero attached hydrogens (tertiary/aromatic N) is 3. The first kappa shape index (κ1) is 17.7. The first-order chi connectivity index (χ1) is 13.1. The van der Waals surface area contributed by atoms with Crippen molar-refractivity contribution in [1.82, 2.24) is 20.3 Å². The van der Waals surface area contributed by atoms with Crippen molar-refractivity contribution in [3.63, 3.8) is 0 Å². The lowest BCUT2D eigenvalue weighted by Crippen LogP contribution is -2.55. The van der Waals surface area contributed by atoms with Crippen molar-refractivity contribution in [1.29, 1.82) is 0 Å². The van der Waals surface area contributed by atoms with E-state index in [0.717, 1.165) is 18.4 Å². The van der Waals surface area contributed by atoms with Crippen LogP contribution in [0.5, 0.6) is 0 Å². The van der Waals surface area contributed by atoms with Crippen LogP contribution < -0.4 is 5.32 Å². The molecule has 142 valence electrons. The summed E-state index contributed by atoms with van der Waals surface area (Å²) in [5, 5.41) is 6.99. The number of nitrogens with one attached hydrogen (secondary N) is 1. The lowest BCUT2D eigenvalue weighted by Gasteiger charge is -2.37. The molecule has 2 heterocycles. The molecular weight excluding hydrogens is 344 g/mol. The molecule has 1 aromatic heterocycles. The standard InChI is InChI=1S/C20H24N4O3/c1-14(19(25)21-16-7-8-16)23-9-11-24(12-10-23)20(26)17-13-18(27-22-17)15-5-3-2-4-6-15/h2-6,13-14,16H,7-12H2,1H3,(H,21,25). The van der Waals surface area contributed by atoms with E-state index in [9.17, 15) is 9.59 Å². The smallest absolute Gasteiger partial charge is 0.276 e. The summed E-state index contributed by atoms with van der Waals surface area (Å²) in [5.41, 5.74) is 1.21. The second kappa shape index (κ2) is 7.52. The SMILES string of the molecule is CC(C(=O)NC1CC1)N1CCN(C(=O)c2cc(-c3ccccc3)on2)CC1. The Morgan fingerprint density at radius 1 is 1.15 bits per heavy atom. The predicted octanol–water partition coefficient (Wildman–Crippen LogP) is 1.77. The minimum atomic E-state index is -0.167. The van der Waals surface area contributed by atoms with Crippen LogP contribution in [0.15, 0.2) is 40.9 Å². The molecule has 7 heteroatoms. The maximum Gasteiger partial charge on any atom is 0.276 e. The Bertz CT molecular complexity index is 808. The first-order valence-electron chi connectivity index (χ1n) is 9.47. The number of hydrogen-bond acceptors (Lipinski definition) is 5. The van der Waals surface area contributed by atoms with Gasteiger partial charge in [-0.1, -0.05) is 35.5 Å². The Hall–Kier alpha value is -2.67. The molecule has 1 saturated heterocycles. The Labute approximate surface area is 158 Å². The van der Waals surface area contributed by atoms with Gasteiger partial charge in [0, 0.05) is 43.9 Å². The van der Waals surface area contributed by atoms with E-state index in [4.69, 9.17) is 4.52 Å². The van der Waals surface area contributed by atoms with E-state index in [1.165, 1.54) is 0 Å². The highest BCUT2D eigenvalue weighted by atomic mass is 16.5. The Morgan fingerprint density at radius 3 is 2.52 bits per heavy atom. The molecule has 1 aromatic carbocycles. The third-order valence-electron chi connectivity index (χ3n) is 5.24. The van der Waals surface area contributed by atoms with Crippen LogP contribution in [0.2, 0.25) is 0 Å². The summed E-state index contributed by atoms with van der Waals surface area (Å²) < 4.78 is 5.34. The third kappa shape index (κ3) is 4.03. The summed E-state index contributed by atoms with van der Waals surface area (Å²) in [6.07, 6.45) is 2.17. The van der Waals surface area contributed by atoms with Crippen LogP contribution in [0.3, 0.4) is 0 Å². The van der Waals surface area contributed by atoms with Crippen molar-refractivity contribution < 1.29 is 14.1 Å². The second-order valence-electron chi connectivity index (χ2n) is 7.23. The minimum absolute atomic E-state index is 0.0845. The number of rotatable bonds is 5. The van der Waals surface area contributed by atoms with Gasteiger partial charge in [-0.25, -0.2) is 0 Å². The molecule has 2 aromatic rings. The Balaban J connectivity index is 1.33. The van der Waals surface area contributed by atoms with Crippen LogP contribution in [0.1, 0.15) is 30.3 Å². The molecule has 2 aliphatic rings. The van der Waals surface area contributed by atoms with Crippen molar-refractivity contribution in [3.05, 3.63) is 42.1 Å². The van der Waals surface area contributed by atoms with Gasteiger partial charge in [-0.2, -0.15) is 0 Å². The third-order valence-corrected chi connectivity index (χ3v) is 5.24. The summed E-state index contributed by atoms with van der Waals surface area (Å²) in [4.78, 5) is 28.8. The fraction of sp³-hybridized carbons (Fsp3) is 0.450. The lowest BCUT2D eigenvalue weighted by molar-refractivity contribution is -0.126. The molecule has 2 fully saturated rings. The molecule has 1 unspecified atom stereocenters. The molecule has 7 nitrogen and oxygen atoms in total. The van der Waals surface area contributed by atoms with E-state index in [0.29, 0.717) is 43.7 Å². The zero-order valence-electron chi connectivity index (χ0n) is 15.4. The maximum atomic E-state index is 12.7. The van der Waals surface area contributed by atoms with Gasteiger partial charge in [-0.05, 0) is 19.8 Å².